The zero-order chi connectivity index (χ0) is 6.85. The lowest BCUT2D eigenvalue weighted by Crippen LogP contribution is -2.07. The van der Waals surface area contributed by atoms with Crippen molar-refractivity contribution in [3.8, 4) is 0 Å². The highest BCUT2D eigenvalue weighted by atomic mass is 16.5. The van der Waals surface area contributed by atoms with Gasteiger partial charge in [-0.3, -0.25) is 0 Å². The fourth-order valence-electron chi connectivity index (χ4n) is 1.20. The van der Waals surface area contributed by atoms with Gasteiger partial charge in [0.1, 0.15) is 0 Å². The molecule has 1 radical (unpaired) electrons. The standard InChI is InChI=1S/C8H15O/c1-6(2)8-4-7(3)9-5-8/h6-8H,3-5H2,1-2H3. The Morgan fingerprint density at radius 3 is 2.44 bits per heavy atom. The summed E-state index contributed by atoms with van der Waals surface area (Å²) in [5, 5.41) is 0. The molecule has 1 heterocycles. The van der Waals surface area contributed by atoms with Gasteiger partial charge in [0.25, 0.3) is 0 Å². The Labute approximate surface area is 57.4 Å². The van der Waals surface area contributed by atoms with Gasteiger partial charge < -0.3 is 4.74 Å². The minimum absolute atomic E-state index is 0.261. The van der Waals surface area contributed by atoms with E-state index < -0.39 is 0 Å². The summed E-state index contributed by atoms with van der Waals surface area (Å²) >= 11 is 0. The molecule has 0 saturated carbocycles. The second kappa shape index (κ2) is 2.70. The van der Waals surface area contributed by atoms with E-state index in [0.717, 1.165) is 24.9 Å². The van der Waals surface area contributed by atoms with E-state index in [-0.39, 0.29) is 6.10 Å². The van der Waals surface area contributed by atoms with E-state index in [4.69, 9.17) is 4.74 Å². The van der Waals surface area contributed by atoms with Gasteiger partial charge in [0.15, 0.2) is 0 Å². The molecule has 1 rings (SSSR count). The van der Waals surface area contributed by atoms with Gasteiger partial charge >= 0.3 is 0 Å². The van der Waals surface area contributed by atoms with Crippen molar-refractivity contribution in [1.82, 2.24) is 0 Å². The van der Waals surface area contributed by atoms with Gasteiger partial charge in [-0.2, -0.15) is 0 Å². The van der Waals surface area contributed by atoms with Crippen LogP contribution in [0.25, 0.3) is 0 Å². The second-order valence-electron chi connectivity index (χ2n) is 3.20. The van der Waals surface area contributed by atoms with Crippen LogP contribution in [0.4, 0.5) is 0 Å². The molecule has 0 spiro atoms. The third-order valence-corrected chi connectivity index (χ3v) is 2.05. The maximum atomic E-state index is 5.32. The molecule has 53 valence electrons. The molecule has 1 aliphatic heterocycles. The van der Waals surface area contributed by atoms with Crippen molar-refractivity contribution in [3.05, 3.63) is 6.92 Å². The molecule has 0 amide bonds. The lowest BCUT2D eigenvalue weighted by atomic mass is 9.94. The average molecular weight is 127 g/mol. The summed E-state index contributed by atoms with van der Waals surface area (Å²) in [4.78, 5) is 0. The predicted octanol–water partition coefficient (Wildman–Crippen LogP) is 1.88. The summed E-state index contributed by atoms with van der Waals surface area (Å²) in [5.41, 5.74) is 0. The lowest BCUT2D eigenvalue weighted by Gasteiger charge is -2.10. The monoisotopic (exact) mass is 127 g/mol. The molecule has 0 aromatic rings. The van der Waals surface area contributed by atoms with Crippen molar-refractivity contribution in [2.75, 3.05) is 6.61 Å². The Morgan fingerprint density at radius 1 is 1.56 bits per heavy atom. The number of ether oxygens (including phenoxy) is 1. The van der Waals surface area contributed by atoms with Crippen LogP contribution in [-0.2, 0) is 4.74 Å². The maximum absolute atomic E-state index is 5.32. The molecule has 1 aliphatic rings. The van der Waals surface area contributed by atoms with Crippen molar-refractivity contribution in [3.63, 3.8) is 0 Å². The molecule has 2 atom stereocenters. The molecule has 0 bridgehead atoms. The van der Waals surface area contributed by atoms with Crippen LogP contribution < -0.4 is 0 Å². The van der Waals surface area contributed by atoms with E-state index in [2.05, 4.69) is 20.8 Å². The van der Waals surface area contributed by atoms with E-state index >= 15 is 0 Å². The Hall–Kier alpha value is -0.0400. The van der Waals surface area contributed by atoms with Crippen LogP contribution in [0.1, 0.15) is 20.3 Å². The van der Waals surface area contributed by atoms with Gasteiger partial charge in [-0.25, -0.2) is 0 Å². The zero-order valence-electron chi connectivity index (χ0n) is 6.26. The first kappa shape index (κ1) is 7.07. The summed E-state index contributed by atoms with van der Waals surface area (Å²) in [6, 6.07) is 0. The van der Waals surface area contributed by atoms with E-state index in [1.807, 2.05) is 0 Å². The average Bonchev–Trinajstić information content (AvgIpc) is 2.14. The van der Waals surface area contributed by atoms with Gasteiger partial charge in [-0.05, 0) is 25.2 Å². The van der Waals surface area contributed by atoms with Crippen molar-refractivity contribution < 1.29 is 4.74 Å². The number of hydrogen-bond acceptors (Lipinski definition) is 1. The van der Waals surface area contributed by atoms with Crippen LogP contribution in [-0.4, -0.2) is 12.7 Å². The van der Waals surface area contributed by atoms with Crippen molar-refractivity contribution >= 4 is 0 Å². The van der Waals surface area contributed by atoms with E-state index in [9.17, 15) is 0 Å². The second-order valence-corrected chi connectivity index (χ2v) is 3.20. The van der Waals surface area contributed by atoms with E-state index in [1.54, 1.807) is 0 Å². The van der Waals surface area contributed by atoms with Gasteiger partial charge in [0.2, 0.25) is 0 Å². The van der Waals surface area contributed by atoms with Crippen LogP contribution in [0.2, 0.25) is 0 Å². The summed E-state index contributed by atoms with van der Waals surface area (Å²) < 4.78 is 5.32. The highest BCUT2D eigenvalue weighted by molar-refractivity contribution is 4.76. The van der Waals surface area contributed by atoms with Crippen molar-refractivity contribution in [2.45, 2.75) is 26.4 Å². The predicted molar refractivity (Wildman–Crippen MR) is 38.0 cm³/mol. The molecule has 1 saturated heterocycles. The molecule has 0 N–H and O–H groups in total. The van der Waals surface area contributed by atoms with Gasteiger partial charge in [-0.1, -0.05) is 13.8 Å². The molecule has 0 aromatic heterocycles. The quantitative estimate of drug-likeness (QED) is 0.522. The van der Waals surface area contributed by atoms with Crippen LogP contribution in [0.5, 0.6) is 0 Å². The summed E-state index contributed by atoms with van der Waals surface area (Å²) in [5.74, 6) is 1.52. The first-order chi connectivity index (χ1) is 4.20. The first-order valence-corrected chi connectivity index (χ1v) is 3.65. The summed E-state index contributed by atoms with van der Waals surface area (Å²) in [6.45, 7) is 9.25. The molecular formula is C8H15O. The Bertz CT molecular complexity index is 88.6. The van der Waals surface area contributed by atoms with Crippen molar-refractivity contribution in [1.29, 1.82) is 0 Å². The molecule has 1 heteroatoms. The van der Waals surface area contributed by atoms with Gasteiger partial charge in [-0.15, -0.1) is 0 Å². The van der Waals surface area contributed by atoms with Gasteiger partial charge in [0.05, 0.1) is 12.7 Å². The molecule has 2 unspecified atom stereocenters. The van der Waals surface area contributed by atoms with Gasteiger partial charge in [0, 0.05) is 0 Å². The Balaban J connectivity index is 2.30. The Kier molecular flexibility index (Phi) is 2.12. The third-order valence-electron chi connectivity index (χ3n) is 2.05. The van der Waals surface area contributed by atoms with Crippen LogP contribution in [0.3, 0.4) is 0 Å². The van der Waals surface area contributed by atoms with E-state index in [1.165, 1.54) is 0 Å². The zero-order valence-corrected chi connectivity index (χ0v) is 6.26. The fraction of sp³-hybridized carbons (Fsp3) is 0.875. The molecular weight excluding hydrogens is 112 g/mol. The summed E-state index contributed by atoms with van der Waals surface area (Å²) in [6.07, 6.45) is 1.41. The lowest BCUT2D eigenvalue weighted by molar-refractivity contribution is 0.132. The van der Waals surface area contributed by atoms with Crippen LogP contribution in [0, 0.1) is 18.8 Å². The Morgan fingerprint density at radius 2 is 2.22 bits per heavy atom. The smallest absolute Gasteiger partial charge is 0.0579 e. The molecule has 0 aromatic carbocycles. The third kappa shape index (κ3) is 1.68. The highest BCUT2D eigenvalue weighted by Gasteiger charge is 2.23. The minimum Gasteiger partial charge on any atom is -0.378 e. The van der Waals surface area contributed by atoms with E-state index in [0.29, 0.717) is 0 Å². The first-order valence-electron chi connectivity index (χ1n) is 3.65. The maximum Gasteiger partial charge on any atom is 0.0579 e. The highest BCUT2D eigenvalue weighted by Crippen LogP contribution is 2.25. The molecule has 1 nitrogen and oxygen atoms in total. The number of rotatable bonds is 1. The normalized spacial score (nSPS) is 36.0. The van der Waals surface area contributed by atoms with Crippen molar-refractivity contribution in [2.24, 2.45) is 11.8 Å². The van der Waals surface area contributed by atoms with Crippen LogP contribution in [0.15, 0.2) is 0 Å². The fourth-order valence-corrected chi connectivity index (χ4v) is 1.20. The largest absolute Gasteiger partial charge is 0.378 e. The number of hydrogen-bond donors (Lipinski definition) is 0. The molecule has 0 aliphatic carbocycles. The van der Waals surface area contributed by atoms with Crippen LogP contribution >= 0.6 is 0 Å². The SMILES string of the molecule is [CH2]C1CC(C(C)C)CO1. The minimum atomic E-state index is 0.261. The topological polar surface area (TPSA) is 9.23 Å². The molecule has 9 heavy (non-hydrogen) atoms. The molecule has 1 fully saturated rings. The summed E-state index contributed by atoms with van der Waals surface area (Å²) in [7, 11) is 0.